The topological polar surface area (TPSA) is 46.2 Å². The zero-order valence-electron chi connectivity index (χ0n) is 8.89. The Hall–Kier alpha value is -0.730. The normalized spacial score (nSPS) is 17.8. The van der Waals surface area contributed by atoms with Crippen LogP contribution in [0.2, 0.25) is 5.02 Å². The third kappa shape index (κ3) is 2.44. The fourth-order valence-electron chi connectivity index (χ4n) is 1.77. The molecule has 3 N–H and O–H groups in total. The van der Waals surface area contributed by atoms with Gasteiger partial charge < -0.3 is 10.8 Å². The van der Waals surface area contributed by atoms with Crippen molar-refractivity contribution in [2.24, 2.45) is 5.73 Å². The van der Waals surface area contributed by atoms with Crippen molar-refractivity contribution in [3.63, 3.8) is 0 Å². The molecule has 3 heteroatoms. The van der Waals surface area contributed by atoms with E-state index in [0.717, 1.165) is 36.8 Å². The van der Waals surface area contributed by atoms with E-state index in [1.54, 1.807) is 6.07 Å². The molecule has 0 spiro atoms. The fraction of sp³-hybridized carbons (Fsp3) is 0.500. The summed E-state index contributed by atoms with van der Waals surface area (Å²) >= 11 is 5.81. The quantitative estimate of drug-likeness (QED) is 0.831. The van der Waals surface area contributed by atoms with Crippen molar-refractivity contribution in [3.05, 3.63) is 28.3 Å². The van der Waals surface area contributed by atoms with Crippen molar-refractivity contribution in [2.75, 3.05) is 0 Å². The Morgan fingerprint density at radius 2 is 2.13 bits per heavy atom. The van der Waals surface area contributed by atoms with Gasteiger partial charge in [-0.15, -0.1) is 0 Å². The van der Waals surface area contributed by atoms with Crippen molar-refractivity contribution in [1.82, 2.24) is 0 Å². The molecule has 1 saturated carbocycles. The number of phenols is 1. The average molecular weight is 226 g/mol. The number of hydrogen-bond donors (Lipinski definition) is 2. The van der Waals surface area contributed by atoms with Crippen LogP contribution in [0.3, 0.4) is 0 Å². The first-order valence-corrected chi connectivity index (χ1v) is 5.65. The van der Waals surface area contributed by atoms with Crippen LogP contribution in [-0.4, -0.2) is 10.6 Å². The van der Waals surface area contributed by atoms with Gasteiger partial charge in [-0.1, -0.05) is 11.6 Å². The van der Waals surface area contributed by atoms with E-state index in [-0.39, 0.29) is 11.3 Å². The lowest BCUT2D eigenvalue weighted by Crippen LogP contribution is -2.22. The number of aryl methyl sites for hydroxylation is 2. The first-order valence-electron chi connectivity index (χ1n) is 5.27. The minimum Gasteiger partial charge on any atom is -0.506 e. The lowest BCUT2D eigenvalue weighted by Gasteiger charge is -2.11. The molecule has 1 aliphatic rings. The van der Waals surface area contributed by atoms with Crippen LogP contribution in [0.15, 0.2) is 12.1 Å². The first kappa shape index (κ1) is 10.8. The van der Waals surface area contributed by atoms with Gasteiger partial charge in [0.25, 0.3) is 0 Å². The van der Waals surface area contributed by atoms with Gasteiger partial charge in [0.05, 0.1) is 5.02 Å². The van der Waals surface area contributed by atoms with Crippen LogP contribution in [0.4, 0.5) is 0 Å². The van der Waals surface area contributed by atoms with Gasteiger partial charge in [0.15, 0.2) is 0 Å². The van der Waals surface area contributed by atoms with Crippen molar-refractivity contribution < 1.29 is 5.11 Å². The van der Waals surface area contributed by atoms with E-state index < -0.39 is 0 Å². The van der Waals surface area contributed by atoms with Crippen molar-refractivity contribution in [3.8, 4) is 5.75 Å². The highest BCUT2D eigenvalue weighted by molar-refractivity contribution is 6.32. The molecular weight excluding hydrogens is 210 g/mol. The molecule has 0 amide bonds. The predicted octanol–water partition coefficient (Wildman–Crippen LogP) is 2.78. The molecule has 1 fully saturated rings. The zero-order valence-corrected chi connectivity index (χ0v) is 9.64. The summed E-state index contributed by atoms with van der Waals surface area (Å²) in [6.45, 7) is 2.01. The third-order valence-electron chi connectivity index (χ3n) is 3.19. The highest BCUT2D eigenvalue weighted by atomic mass is 35.5. The summed E-state index contributed by atoms with van der Waals surface area (Å²) in [4.78, 5) is 0. The van der Waals surface area contributed by atoms with Gasteiger partial charge in [0.1, 0.15) is 5.75 Å². The van der Waals surface area contributed by atoms with Crippen LogP contribution in [0.5, 0.6) is 5.75 Å². The molecule has 1 aromatic rings. The number of aromatic hydroxyl groups is 1. The van der Waals surface area contributed by atoms with Crippen LogP contribution in [0, 0.1) is 6.92 Å². The maximum absolute atomic E-state index is 9.51. The molecule has 1 aliphatic carbocycles. The lowest BCUT2D eigenvalue weighted by molar-refractivity contribution is 0.474. The summed E-state index contributed by atoms with van der Waals surface area (Å²) < 4.78 is 0. The van der Waals surface area contributed by atoms with E-state index in [2.05, 4.69) is 0 Å². The van der Waals surface area contributed by atoms with Crippen LogP contribution in [-0.2, 0) is 6.42 Å². The van der Waals surface area contributed by atoms with Gasteiger partial charge >= 0.3 is 0 Å². The summed E-state index contributed by atoms with van der Waals surface area (Å²) in [5.74, 6) is 0.166. The molecule has 15 heavy (non-hydrogen) atoms. The molecule has 0 aliphatic heterocycles. The number of nitrogens with two attached hydrogens (primary N) is 1. The minimum absolute atomic E-state index is 0.0711. The van der Waals surface area contributed by atoms with E-state index in [0.29, 0.717) is 5.02 Å². The lowest BCUT2D eigenvalue weighted by atomic mass is 10.00. The molecule has 0 aromatic heterocycles. The molecule has 0 atom stereocenters. The summed E-state index contributed by atoms with van der Waals surface area (Å²) in [5, 5.41) is 9.93. The van der Waals surface area contributed by atoms with Crippen LogP contribution < -0.4 is 5.73 Å². The molecule has 2 nitrogen and oxygen atoms in total. The second-order valence-corrected chi connectivity index (χ2v) is 5.00. The number of hydrogen-bond acceptors (Lipinski definition) is 2. The number of rotatable bonds is 3. The Balaban J connectivity index is 2.10. The largest absolute Gasteiger partial charge is 0.506 e. The second kappa shape index (κ2) is 3.69. The highest BCUT2D eigenvalue weighted by Gasteiger charge is 2.37. The van der Waals surface area contributed by atoms with Gasteiger partial charge in [0, 0.05) is 5.54 Å². The van der Waals surface area contributed by atoms with Gasteiger partial charge in [-0.25, -0.2) is 0 Å². The van der Waals surface area contributed by atoms with E-state index in [1.807, 2.05) is 13.0 Å². The monoisotopic (exact) mass is 225 g/mol. The Morgan fingerprint density at radius 1 is 1.47 bits per heavy atom. The van der Waals surface area contributed by atoms with E-state index in [4.69, 9.17) is 17.3 Å². The molecule has 0 unspecified atom stereocenters. The maximum atomic E-state index is 9.51. The first-order chi connectivity index (χ1) is 7.00. The predicted molar refractivity (Wildman–Crippen MR) is 62.3 cm³/mol. The van der Waals surface area contributed by atoms with Gasteiger partial charge in [-0.3, -0.25) is 0 Å². The van der Waals surface area contributed by atoms with Crippen molar-refractivity contribution >= 4 is 11.6 Å². The smallest absolute Gasteiger partial charge is 0.134 e. The minimum atomic E-state index is 0.0711. The summed E-state index contributed by atoms with van der Waals surface area (Å²) in [6, 6.07) is 3.56. The Morgan fingerprint density at radius 3 is 2.73 bits per heavy atom. The molecule has 0 bridgehead atoms. The van der Waals surface area contributed by atoms with Crippen molar-refractivity contribution in [2.45, 2.75) is 38.1 Å². The van der Waals surface area contributed by atoms with Crippen LogP contribution >= 0.6 is 11.6 Å². The average Bonchev–Trinajstić information content (AvgIpc) is 2.89. The Bertz CT molecular complexity index is 385. The number of phenolic OH excluding ortho intramolecular Hbond substituents is 1. The van der Waals surface area contributed by atoms with Gasteiger partial charge in [-0.2, -0.15) is 0 Å². The Kier molecular flexibility index (Phi) is 2.65. The van der Waals surface area contributed by atoms with Gasteiger partial charge in [0.2, 0.25) is 0 Å². The van der Waals surface area contributed by atoms with Gasteiger partial charge in [-0.05, 0) is 55.9 Å². The van der Waals surface area contributed by atoms with Crippen LogP contribution in [0.1, 0.15) is 30.4 Å². The molecule has 1 aromatic carbocycles. The molecule has 82 valence electrons. The molecule has 2 rings (SSSR count). The Labute approximate surface area is 95.1 Å². The number of benzene rings is 1. The highest BCUT2D eigenvalue weighted by Crippen LogP contribution is 2.37. The molecular formula is C12H16ClNO. The molecule has 0 radical (unpaired) electrons. The SMILES string of the molecule is Cc1cc(Cl)c(O)cc1CCC1(N)CC1. The maximum Gasteiger partial charge on any atom is 0.134 e. The van der Waals surface area contributed by atoms with Crippen molar-refractivity contribution in [1.29, 1.82) is 0 Å². The summed E-state index contributed by atoms with van der Waals surface area (Å²) in [6.07, 6.45) is 4.18. The fourth-order valence-corrected chi connectivity index (χ4v) is 1.99. The standard InChI is InChI=1S/C12H16ClNO/c1-8-6-10(13)11(15)7-9(8)2-3-12(14)4-5-12/h6-7,15H,2-5,14H2,1H3. The number of halogens is 1. The third-order valence-corrected chi connectivity index (χ3v) is 3.49. The van der Waals surface area contributed by atoms with E-state index in [1.165, 1.54) is 0 Å². The second-order valence-electron chi connectivity index (χ2n) is 4.59. The summed E-state index contributed by atoms with van der Waals surface area (Å²) in [7, 11) is 0. The summed E-state index contributed by atoms with van der Waals surface area (Å²) in [5.41, 5.74) is 8.37. The van der Waals surface area contributed by atoms with E-state index >= 15 is 0 Å². The molecule has 0 saturated heterocycles. The van der Waals surface area contributed by atoms with Crippen LogP contribution in [0.25, 0.3) is 0 Å². The zero-order chi connectivity index (χ0) is 11.1. The van der Waals surface area contributed by atoms with E-state index in [9.17, 15) is 5.11 Å². The molecule has 0 heterocycles.